The maximum absolute atomic E-state index is 12.0. The Labute approximate surface area is 159 Å². The second-order valence-corrected chi connectivity index (χ2v) is 6.68. The number of unbranched alkanes of at least 4 members (excludes halogenated alkanes) is 1. The number of fused-ring (bicyclic) bond motifs is 1. The van der Waals surface area contributed by atoms with E-state index >= 15 is 0 Å². The minimum absolute atomic E-state index is 0.248. The van der Waals surface area contributed by atoms with Crippen molar-refractivity contribution < 1.29 is 23.9 Å². The average Bonchev–Trinajstić information content (AvgIpc) is 2.67. The third-order valence-electron chi connectivity index (χ3n) is 4.55. The van der Waals surface area contributed by atoms with Crippen LogP contribution >= 0.6 is 0 Å². The van der Waals surface area contributed by atoms with Crippen LogP contribution in [0.15, 0.2) is 24.3 Å². The molecule has 0 aromatic heterocycles. The van der Waals surface area contributed by atoms with Gasteiger partial charge in [-0.2, -0.15) is 0 Å². The Bertz CT molecular complexity index is 662. The van der Waals surface area contributed by atoms with Gasteiger partial charge in [0.05, 0.1) is 12.1 Å². The van der Waals surface area contributed by atoms with Crippen LogP contribution in [0.4, 0.5) is 5.69 Å². The summed E-state index contributed by atoms with van der Waals surface area (Å²) in [6.07, 6.45) is 3.12. The van der Waals surface area contributed by atoms with Gasteiger partial charge in [0, 0.05) is 6.54 Å². The van der Waals surface area contributed by atoms with Crippen LogP contribution in [-0.2, 0) is 19.1 Å². The molecule has 0 unspecified atom stereocenters. The number of hydrogen-bond acceptors (Lipinski definition) is 5. The third-order valence-corrected chi connectivity index (χ3v) is 4.55. The molecule has 2 amide bonds. The number of carbonyl (C=O) groups is 3. The lowest BCUT2D eigenvalue weighted by atomic mass is 9.99. The zero-order valence-corrected chi connectivity index (χ0v) is 16.0. The molecule has 27 heavy (non-hydrogen) atoms. The number of rotatable bonds is 10. The maximum atomic E-state index is 12.0. The molecule has 1 aromatic rings. The zero-order chi connectivity index (χ0) is 19.6. The number of benzene rings is 1. The molecule has 1 aliphatic rings. The smallest absolute Gasteiger partial charge is 0.310 e. The molecule has 7 nitrogen and oxygen atoms in total. The molecule has 148 valence electrons. The van der Waals surface area contributed by atoms with Gasteiger partial charge in [-0.25, -0.2) is 0 Å². The van der Waals surface area contributed by atoms with Crippen LogP contribution in [0.3, 0.4) is 0 Å². The molecule has 1 aliphatic heterocycles. The summed E-state index contributed by atoms with van der Waals surface area (Å²) in [5.41, 5.74) is 0.569. The molecule has 1 heterocycles. The molecule has 0 saturated heterocycles. The Morgan fingerprint density at radius 3 is 2.81 bits per heavy atom. The van der Waals surface area contributed by atoms with Gasteiger partial charge in [-0.15, -0.1) is 0 Å². The first-order valence-corrected chi connectivity index (χ1v) is 9.52. The van der Waals surface area contributed by atoms with Gasteiger partial charge in [0.15, 0.2) is 12.7 Å². The van der Waals surface area contributed by atoms with Crippen LogP contribution in [0.5, 0.6) is 5.75 Å². The Morgan fingerprint density at radius 2 is 2.07 bits per heavy atom. The Kier molecular flexibility index (Phi) is 8.10. The normalized spacial score (nSPS) is 16.5. The van der Waals surface area contributed by atoms with E-state index in [4.69, 9.17) is 9.47 Å². The Hall–Kier alpha value is -2.57. The van der Waals surface area contributed by atoms with Crippen molar-refractivity contribution in [2.24, 2.45) is 5.92 Å². The highest BCUT2D eigenvalue weighted by Gasteiger charge is 2.30. The lowest BCUT2D eigenvalue weighted by molar-refractivity contribution is -0.151. The molecule has 0 fully saturated rings. The van der Waals surface area contributed by atoms with Gasteiger partial charge in [0.25, 0.3) is 11.8 Å². The number of ether oxygens (including phenoxy) is 2. The van der Waals surface area contributed by atoms with E-state index in [0.717, 1.165) is 25.7 Å². The quantitative estimate of drug-likeness (QED) is 0.612. The van der Waals surface area contributed by atoms with Crippen LogP contribution < -0.4 is 15.4 Å². The van der Waals surface area contributed by atoms with Gasteiger partial charge in [0.2, 0.25) is 0 Å². The van der Waals surface area contributed by atoms with Gasteiger partial charge < -0.3 is 20.1 Å². The Balaban J connectivity index is 1.71. The number of amides is 2. The average molecular weight is 376 g/mol. The molecule has 0 spiro atoms. The van der Waals surface area contributed by atoms with E-state index in [9.17, 15) is 14.4 Å². The van der Waals surface area contributed by atoms with Gasteiger partial charge in [-0.3, -0.25) is 14.4 Å². The molecule has 0 bridgehead atoms. The first kappa shape index (κ1) is 20.7. The predicted octanol–water partition coefficient (Wildman–Crippen LogP) is 2.65. The minimum Gasteiger partial charge on any atom is -0.478 e. The molecular weight excluding hydrogens is 348 g/mol. The van der Waals surface area contributed by atoms with E-state index in [1.165, 1.54) is 0 Å². The summed E-state index contributed by atoms with van der Waals surface area (Å²) in [4.78, 5) is 35.8. The topological polar surface area (TPSA) is 93.7 Å². The molecule has 2 rings (SSSR count). The van der Waals surface area contributed by atoms with Crippen molar-refractivity contribution in [2.45, 2.75) is 52.1 Å². The molecule has 2 atom stereocenters. The van der Waals surface area contributed by atoms with Gasteiger partial charge in [-0.1, -0.05) is 45.2 Å². The van der Waals surface area contributed by atoms with Crippen LogP contribution in [0.2, 0.25) is 0 Å². The molecule has 1 aromatic carbocycles. The lowest BCUT2D eigenvalue weighted by Gasteiger charge is -2.25. The second kappa shape index (κ2) is 10.5. The van der Waals surface area contributed by atoms with E-state index < -0.39 is 18.0 Å². The molecule has 0 radical (unpaired) electrons. The molecule has 7 heteroatoms. The van der Waals surface area contributed by atoms with Crippen molar-refractivity contribution in [2.75, 3.05) is 18.5 Å². The fourth-order valence-electron chi connectivity index (χ4n) is 2.84. The lowest BCUT2D eigenvalue weighted by Crippen LogP contribution is -2.39. The summed E-state index contributed by atoms with van der Waals surface area (Å²) in [7, 11) is 0. The van der Waals surface area contributed by atoms with E-state index in [0.29, 0.717) is 23.9 Å². The van der Waals surface area contributed by atoms with E-state index in [1.54, 1.807) is 24.3 Å². The highest BCUT2D eigenvalue weighted by molar-refractivity contribution is 5.99. The number of hydrogen-bond donors (Lipinski definition) is 2. The predicted molar refractivity (Wildman–Crippen MR) is 101 cm³/mol. The van der Waals surface area contributed by atoms with Crippen molar-refractivity contribution in [3.63, 3.8) is 0 Å². The fourth-order valence-corrected chi connectivity index (χ4v) is 2.84. The Morgan fingerprint density at radius 1 is 1.30 bits per heavy atom. The van der Waals surface area contributed by atoms with Crippen molar-refractivity contribution in [3.05, 3.63) is 24.3 Å². The molecule has 0 saturated carbocycles. The van der Waals surface area contributed by atoms with Crippen molar-refractivity contribution in [1.29, 1.82) is 0 Å². The standard InChI is InChI=1S/C20H28N2O5/c1-3-5-8-14(4-2)12-21-18(23)13-26-19(24)11-17-20(25)22-15-9-6-7-10-16(15)27-17/h6-7,9-10,14,17H,3-5,8,11-13H2,1-2H3,(H,21,23)(H,22,25)/t14-,17+/m1/s1. The number of nitrogens with one attached hydrogen (secondary N) is 2. The zero-order valence-electron chi connectivity index (χ0n) is 16.0. The van der Waals surface area contributed by atoms with E-state index in [2.05, 4.69) is 24.5 Å². The SMILES string of the molecule is CCCC[C@@H](CC)CNC(=O)COC(=O)C[C@@H]1Oc2ccccc2NC1=O. The molecule has 2 N–H and O–H groups in total. The van der Waals surface area contributed by atoms with Crippen LogP contribution in [0, 0.1) is 5.92 Å². The summed E-state index contributed by atoms with van der Waals surface area (Å²) in [6, 6.07) is 6.99. The number of esters is 1. The van der Waals surface area contributed by atoms with E-state index in [-0.39, 0.29) is 18.9 Å². The largest absolute Gasteiger partial charge is 0.478 e. The van der Waals surface area contributed by atoms with Crippen molar-refractivity contribution in [1.82, 2.24) is 5.32 Å². The first-order chi connectivity index (χ1) is 13.0. The third kappa shape index (κ3) is 6.58. The summed E-state index contributed by atoms with van der Waals surface area (Å²) in [5, 5.41) is 5.48. The first-order valence-electron chi connectivity index (χ1n) is 9.52. The van der Waals surface area contributed by atoms with E-state index in [1.807, 2.05) is 0 Å². The van der Waals surface area contributed by atoms with Crippen LogP contribution in [-0.4, -0.2) is 37.0 Å². The van der Waals surface area contributed by atoms with Crippen molar-refractivity contribution >= 4 is 23.5 Å². The summed E-state index contributed by atoms with van der Waals surface area (Å²) >= 11 is 0. The maximum Gasteiger partial charge on any atom is 0.310 e. The monoisotopic (exact) mass is 376 g/mol. The number of carbonyl (C=O) groups excluding carboxylic acids is 3. The highest BCUT2D eigenvalue weighted by Crippen LogP contribution is 2.29. The summed E-state index contributed by atoms with van der Waals surface area (Å²) in [6.45, 7) is 4.46. The number of para-hydroxylation sites is 2. The van der Waals surface area contributed by atoms with Crippen LogP contribution in [0.1, 0.15) is 46.0 Å². The number of anilines is 1. The van der Waals surface area contributed by atoms with Crippen LogP contribution in [0.25, 0.3) is 0 Å². The molecule has 0 aliphatic carbocycles. The van der Waals surface area contributed by atoms with Gasteiger partial charge in [0.1, 0.15) is 5.75 Å². The molecular formula is C20H28N2O5. The summed E-state index contributed by atoms with van der Waals surface area (Å²) < 4.78 is 10.5. The minimum atomic E-state index is -0.964. The second-order valence-electron chi connectivity index (χ2n) is 6.68. The fraction of sp³-hybridized carbons (Fsp3) is 0.550. The summed E-state index contributed by atoms with van der Waals surface area (Å²) in [5.74, 6) is -0.452. The van der Waals surface area contributed by atoms with Gasteiger partial charge >= 0.3 is 5.97 Å². The van der Waals surface area contributed by atoms with Crippen molar-refractivity contribution in [3.8, 4) is 5.75 Å². The van der Waals surface area contributed by atoms with Gasteiger partial charge in [-0.05, 0) is 24.5 Å². The highest BCUT2D eigenvalue weighted by atomic mass is 16.5.